The van der Waals surface area contributed by atoms with Gasteiger partial charge in [-0.2, -0.15) is 0 Å². The fourth-order valence-electron chi connectivity index (χ4n) is 3.80. The van der Waals surface area contributed by atoms with Gasteiger partial charge in [0.25, 0.3) is 5.91 Å². The van der Waals surface area contributed by atoms with Crippen molar-refractivity contribution in [3.63, 3.8) is 0 Å². The van der Waals surface area contributed by atoms with Crippen molar-refractivity contribution in [2.24, 2.45) is 5.92 Å². The standard InChI is InChI=1S/C19H27ClN2O2/c1-15-3-2-10-22(13-15)17-8-11-21(12-9-17)19(23)14-24-18-6-4-16(20)5-7-18/h4-7,15,17H,2-3,8-14H2,1H3/t15-/m1/s1. The molecule has 1 amide bonds. The maximum Gasteiger partial charge on any atom is 0.260 e. The average Bonchev–Trinajstić information content (AvgIpc) is 2.61. The van der Waals surface area contributed by atoms with Gasteiger partial charge in [-0.25, -0.2) is 0 Å². The van der Waals surface area contributed by atoms with Gasteiger partial charge in [-0.05, 0) is 62.4 Å². The molecule has 24 heavy (non-hydrogen) atoms. The molecule has 0 N–H and O–H groups in total. The zero-order chi connectivity index (χ0) is 16.9. The van der Waals surface area contributed by atoms with Crippen molar-refractivity contribution in [2.75, 3.05) is 32.8 Å². The highest BCUT2D eigenvalue weighted by Crippen LogP contribution is 2.23. The number of ether oxygens (including phenoxy) is 1. The van der Waals surface area contributed by atoms with E-state index in [0.717, 1.165) is 31.8 Å². The Bertz CT molecular complexity index is 541. The van der Waals surface area contributed by atoms with Gasteiger partial charge in [0.05, 0.1) is 0 Å². The predicted molar refractivity (Wildman–Crippen MR) is 96.5 cm³/mol. The summed E-state index contributed by atoms with van der Waals surface area (Å²) in [4.78, 5) is 16.9. The summed E-state index contributed by atoms with van der Waals surface area (Å²) in [7, 11) is 0. The van der Waals surface area contributed by atoms with Gasteiger partial charge < -0.3 is 9.64 Å². The lowest BCUT2D eigenvalue weighted by molar-refractivity contribution is -0.135. The van der Waals surface area contributed by atoms with E-state index in [4.69, 9.17) is 16.3 Å². The van der Waals surface area contributed by atoms with Crippen LogP contribution in [0.15, 0.2) is 24.3 Å². The van der Waals surface area contributed by atoms with Gasteiger partial charge in [0.1, 0.15) is 5.75 Å². The number of halogens is 1. The summed E-state index contributed by atoms with van der Waals surface area (Å²) >= 11 is 5.85. The van der Waals surface area contributed by atoms with Crippen molar-refractivity contribution in [3.05, 3.63) is 29.3 Å². The number of hydrogen-bond donors (Lipinski definition) is 0. The quantitative estimate of drug-likeness (QED) is 0.833. The van der Waals surface area contributed by atoms with Crippen LogP contribution in [0.1, 0.15) is 32.6 Å². The van der Waals surface area contributed by atoms with Crippen LogP contribution in [0.5, 0.6) is 5.75 Å². The van der Waals surface area contributed by atoms with Crippen LogP contribution in [0.3, 0.4) is 0 Å². The fourth-order valence-corrected chi connectivity index (χ4v) is 3.93. The molecule has 3 rings (SSSR count). The van der Waals surface area contributed by atoms with Crippen LogP contribution < -0.4 is 4.74 Å². The molecule has 1 aromatic rings. The van der Waals surface area contributed by atoms with Crippen molar-refractivity contribution in [1.29, 1.82) is 0 Å². The summed E-state index contributed by atoms with van der Waals surface area (Å²) in [6, 6.07) is 7.77. The molecular weight excluding hydrogens is 324 g/mol. The van der Waals surface area contributed by atoms with E-state index in [-0.39, 0.29) is 12.5 Å². The van der Waals surface area contributed by atoms with E-state index in [1.54, 1.807) is 24.3 Å². The molecule has 2 heterocycles. The van der Waals surface area contributed by atoms with E-state index in [1.165, 1.54) is 25.9 Å². The molecule has 132 valence electrons. The lowest BCUT2D eigenvalue weighted by atomic mass is 9.95. The molecule has 4 nitrogen and oxygen atoms in total. The number of rotatable bonds is 4. The topological polar surface area (TPSA) is 32.8 Å². The minimum absolute atomic E-state index is 0.0791. The number of carbonyl (C=O) groups excluding carboxylic acids is 1. The Kier molecular flexibility index (Phi) is 6.01. The molecule has 0 bridgehead atoms. The number of hydrogen-bond acceptors (Lipinski definition) is 3. The second kappa shape index (κ2) is 8.21. The first-order chi connectivity index (χ1) is 11.6. The smallest absolute Gasteiger partial charge is 0.260 e. The highest BCUT2D eigenvalue weighted by Gasteiger charge is 2.29. The molecule has 0 saturated carbocycles. The second-order valence-electron chi connectivity index (χ2n) is 7.10. The normalized spacial score (nSPS) is 23.2. The van der Waals surface area contributed by atoms with Gasteiger partial charge in [-0.1, -0.05) is 18.5 Å². The molecule has 5 heteroatoms. The van der Waals surface area contributed by atoms with Gasteiger partial charge >= 0.3 is 0 Å². The van der Waals surface area contributed by atoms with E-state index >= 15 is 0 Å². The second-order valence-corrected chi connectivity index (χ2v) is 7.53. The minimum Gasteiger partial charge on any atom is -0.484 e. The highest BCUT2D eigenvalue weighted by atomic mass is 35.5. The van der Waals surface area contributed by atoms with Crippen LogP contribution >= 0.6 is 11.6 Å². The zero-order valence-electron chi connectivity index (χ0n) is 14.4. The Morgan fingerprint density at radius 3 is 2.54 bits per heavy atom. The van der Waals surface area contributed by atoms with E-state index in [9.17, 15) is 4.79 Å². The van der Waals surface area contributed by atoms with Crippen LogP contribution in [-0.4, -0.2) is 54.5 Å². The monoisotopic (exact) mass is 350 g/mol. The van der Waals surface area contributed by atoms with Crippen molar-refractivity contribution in [1.82, 2.24) is 9.80 Å². The summed E-state index contributed by atoms with van der Waals surface area (Å²) in [6.45, 7) is 6.59. The van der Waals surface area contributed by atoms with E-state index < -0.39 is 0 Å². The molecule has 1 aromatic carbocycles. The highest BCUT2D eigenvalue weighted by molar-refractivity contribution is 6.30. The molecule has 0 aliphatic carbocycles. The molecule has 1 atom stereocenters. The number of piperidine rings is 2. The SMILES string of the molecule is C[C@@H]1CCCN(C2CCN(C(=O)COc3ccc(Cl)cc3)CC2)C1. The largest absolute Gasteiger partial charge is 0.484 e. The van der Waals surface area contributed by atoms with Crippen molar-refractivity contribution in [3.8, 4) is 5.75 Å². The summed E-state index contributed by atoms with van der Waals surface area (Å²) in [5.41, 5.74) is 0. The number of likely N-dealkylation sites (tertiary alicyclic amines) is 2. The Labute approximate surface area is 149 Å². The van der Waals surface area contributed by atoms with Crippen LogP contribution in [0.25, 0.3) is 0 Å². The Hall–Kier alpha value is -1.26. The number of nitrogens with zero attached hydrogens (tertiary/aromatic N) is 2. The molecule has 0 aromatic heterocycles. The average molecular weight is 351 g/mol. The molecular formula is C19H27ClN2O2. The summed E-state index contributed by atoms with van der Waals surface area (Å²) in [6.07, 6.45) is 4.84. The lowest BCUT2D eigenvalue weighted by Gasteiger charge is -2.41. The van der Waals surface area contributed by atoms with Crippen LogP contribution in [0.2, 0.25) is 5.02 Å². The van der Waals surface area contributed by atoms with E-state index in [2.05, 4.69) is 11.8 Å². The molecule has 2 aliphatic rings. The summed E-state index contributed by atoms with van der Waals surface area (Å²) < 4.78 is 5.57. The molecule has 0 radical (unpaired) electrons. The predicted octanol–water partition coefficient (Wildman–Crippen LogP) is 3.44. The minimum atomic E-state index is 0.0791. The van der Waals surface area contributed by atoms with E-state index in [0.29, 0.717) is 16.8 Å². The molecule has 0 unspecified atom stereocenters. The molecule has 2 fully saturated rings. The Morgan fingerprint density at radius 1 is 1.17 bits per heavy atom. The van der Waals surface area contributed by atoms with Crippen LogP contribution in [-0.2, 0) is 4.79 Å². The van der Waals surface area contributed by atoms with Gasteiger partial charge in [-0.15, -0.1) is 0 Å². The van der Waals surface area contributed by atoms with Crippen molar-refractivity contribution >= 4 is 17.5 Å². The number of carbonyl (C=O) groups is 1. The Morgan fingerprint density at radius 2 is 1.88 bits per heavy atom. The first kappa shape index (κ1) is 17.6. The maximum atomic E-state index is 12.3. The first-order valence-corrected chi connectivity index (χ1v) is 9.40. The Balaban J connectivity index is 1.42. The van der Waals surface area contributed by atoms with E-state index in [1.807, 2.05) is 4.90 Å². The third-order valence-corrected chi connectivity index (χ3v) is 5.45. The number of amides is 1. The maximum absolute atomic E-state index is 12.3. The molecule has 2 saturated heterocycles. The van der Waals surface area contributed by atoms with Gasteiger partial charge in [-0.3, -0.25) is 9.69 Å². The summed E-state index contributed by atoms with van der Waals surface area (Å²) in [5, 5.41) is 0.669. The number of benzene rings is 1. The fraction of sp³-hybridized carbons (Fsp3) is 0.632. The van der Waals surface area contributed by atoms with Crippen molar-refractivity contribution < 1.29 is 9.53 Å². The van der Waals surface area contributed by atoms with Crippen LogP contribution in [0, 0.1) is 5.92 Å². The van der Waals surface area contributed by atoms with Crippen LogP contribution in [0.4, 0.5) is 0 Å². The van der Waals surface area contributed by atoms with Gasteiger partial charge in [0, 0.05) is 30.7 Å². The molecule has 2 aliphatic heterocycles. The van der Waals surface area contributed by atoms with Crippen molar-refractivity contribution in [2.45, 2.75) is 38.6 Å². The van der Waals surface area contributed by atoms with Gasteiger partial charge in [0.2, 0.25) is 0 Å². The summed E-state index contributed by atoms with van der Waals surface area (Å²) in [5.74, 6) is 1.58. The zero-order valence-corrected chi connectivity index (χ0v) is 15.2. The third-order valence-electron chi connectivity index (χ3n) is 5.20. The van der Waals surface area contributed by atoms with Gasteiger partial charge in [0.15, 0.2) is 6.61 Å². The third kappa shape index (κ3) is 4.64. The molecule has 0 spiro atoms. The lowest BCUT2D eigenvalue weighted by Crippen LogP contribution is -2.50. The first-order valence-electron chi connectivity index (χ1n) is 9.02.